The first-order valence-electron chi connectivity index (χ1n) is 4.79. The Morgan fingerprint density at radius 1 is 1.40 bits per heavy atom. The summed E-state index contributed by atoms with van der Waals surface area (Å²) in [5, 5.41) is 9.07. The Hall–Kier alpha value is -1.64. The Bertz CT molecular complexity index is 345. The molecule has 0 heterocycles. The van der Waals surface area contributed by atoms with Gasteiger partial charge in [0.25, 0.3) is 0 Å². The van der Waals surface area contributed by atoms with E-state index >= 15 is 0 Å². The van der Waals surface area contributed by atoms with Gasteiger partial charge in [-0.15, -0.1) is 0 Å². The van der Waals surface area contributed by atoms with E-state index in [1.54, 1.807) is 6.92 Å². The van der Waals surface area contributed by atoms with Crippen LogP contribution in [-0.2, 0) is 16.0 Å². The largest absolute Gasteiger partial charge is 0.481 e. The molecule has 0 spiro atoms. The first-order valence-corrected chi connectivity index (χ1v) is 4.79. The van der Waals surface area contributed by atoms with Crippen LogP contribution >= 0.6 is 0 Å². The first-order chi connectivity index (χ1) is 7.08. The van der Waals surface area contributed by atoms with Gasteiger partial charge in [-0.2, -0.15) is 0 Å². The van der Waals surface area contributed by atoms with Crippen molar-refractivity contribution in [3.63, 3.8) is 0 Å². The smallest absolute Gasteiger partial charge is 0.310 e. The zero-order valence-corrected chi connectivity index (χ0v) is 8.64. The lowest BCUT2D eigenvalue weighted by Gasteiger charge is -2.22. The van der Waals surface area contributed by atoms with Crippen LogP contribution in [0.1, 0.15) is 18.9 Å². The number of carbonyl (C=O) groups excluding carboxylic acids is 1. The van der Waals surface area contributed by atoms with Crippen molar-refractivity contribution in [2.45, 2.75) is 19.8 Å². The Labute approximate surface area is 88.7 Å². The van der Waals surface area contributed by atoms with Crippen molar-refractivity contribution >= 4 is 12.3 Å². The Morgan fingerprint density at radius 2 is 2.00 bits per heavy atom. The van der Waals surface area contributed by atoms with E-state index in [-0.39, 0.29) is 6.42 Å². The van der Waals surface area contributed by atoms with Crippen LogP contribution in [0.25, 0.3) is 0 Å². The number of benzene rings is 1. The number of hydrogen-bond acceptors (Lipinski definition) is 2. The minimum Gasteiger partial charge on any atom is -0.481 e. The van der Waals surface area contributed by atoms with Crippen LogP contribution in [-0.4, -0.2) is 17.4 Å². The SMILES string of the molecule is CC(CC=O)(Cc1ccccc1)C(=O)O. The van der Waals surface area contributed by atoms with E-state index in [1.807, 2.05) is 30.3 Å². The molecular weight excluding hydrogens is 192 g/mol. The van der Waals surface area contributed by atoms with Crippen LogP contribution in [0.15, 0.2) is 30.3 Å². The summed E-state index contributed by atoms with van der Waals surface area (Å²) in [6, 6.07) is 9.33. The number of carbonyl (C=O) groups is 2. The van der Waals surface area contributed by atoms with Gasteiger partial charge in [0.2, 0.25) is 0 Å². The van der Waals surface area contributed by atoms with Gasteiger partial charge >= 0.3 is 5.97 Å². The average molecular weight is 206 g/mol. The number of carboxylic acid groups (broad SMARTS) is 1. The van der Waals surface area contributed by atoms with Crippen molar-refractivity contribution in [3.05, 3.63) is 35.9 Å². The van der Waals surface area contributed by atoms with Crippen LogP contribution in [0.4, 0.5) is 0 Å². The van der Waals surface area contributed by atoms with Crippen LogP contribution in [0.5, 0.6) is 0 Å². The highest BCUT2D eigenvalue weighted by molar-refractivity contribution is 5.78. The molecule has 15 heavy (non-hydrogen) atoms. The minimum atomic E-state index is -0.997. The Kier molecular flexibility index (Phi) is 3.61. The fraction of sp³-hybridized carbons (Fsp3) is 0.333. The molecule has 1 rings (SSSR count). The standard InChI is InChI=1S/C12H14O3/c1-12(7-8-13,11(14)15)9-10-5-3-2-4-6-10/h2-6,8H,7,9H2,1H3,(H,14,15). The zero-order valence-electron chi connectivity index (χ0n) is 8.64. The topological polar surface area (TPSA) is 54.4 Å². The van der Waals surface area contributed by atoms with Gasteiger partial charge in [-0.3, -0.25) is 4.79 Å². The van der Waals surface area contributed by atoms with Crippen LogP contribution < -0.4 is 0 Å². The first kappa shape index (κ1) is 11.4. The third-order valence-electron chi connectivity index (χ3n) is 2.49. The summed E-state index contributed by atoms with van der Waals surface area (Å²) in [5.41, 5.74) is -0.0624. The maximum absolute atomic E-state index is 11.1. The molecular formula is C12H14O3. The van der Waals surface area contributed by atoms with Gasteiger partial charge in [0.15, 0.2) is 0 Å². The van der Waals surface area contributed by atoms with Gasteiger partial charge in [0.05, 0.1) is 5.41 Å². The predicted molar refractivity (Wildman–Crippen MR) is 56.6 cm³/mol. The molecule has 0 amide bonds. The number of carboxylic acids is 1. The zero-order chi connectivity index (χ0) is 11.3. The normalized spacial score (nSPS) is 14.2. The number of aldehydes is 1. The van der Waals surface area contributed by atoms with Gasteiger partial charge in [-0.05, 0) is 18.9 Å². The second kappa shape index (κ2) is 4.73. The molecule has 1 N–H and O–H groups in total. The second-order valence-electron chi connectivity index (χ2n) is 3.90. The molecule has 0 bridgehead atoms. The fourth-order valence-electron chi connectivity index (χ4n) is 1.47. The van der Waals surface area contributed by atoms with Crippen molar-refractivity contribution in [3.8, 4) is 0 Å². The summed E-state index contributed by atoms with van der Waals surface area (Å²) >= 11 is 0. The van der Waals surface area contributed by atoms with Crippen LogP contribution in [0.2, 0.25) is 0 Å². The molecule has 3 heteroatoms. The number of rotatable bonds is 5. The van der Waals surface area contributed by atoms with Gasteiger partial charge in [0.1, 0.15) is 6.29 Å². The molecule has 0 aliphatic carbocycles. The molecule has 0 saturated carbocycles. The average Bonchev–Trinajstić information content (AvgIpc) is 2.19. The lowest BCUT2D eigenvalue weighted by Crippen LogP contribution is -2.30. The van der Waals surface area contributed by atoms with Crippen molar-refractivity contribution in [1.82, 2.24) is 0 Å². The third-order valence-corrected chi connectivity index (χ3v) is 2.49. The number of aliphatic carboxylic acids is 1. The van der Waals surface area contributed by atoms with Crippen molar-refractivity contribution in [1.29, 1.82) is 0 Å². The molecule has 1 atom stereocenters. The molecule has 0 aliphatic heterocycles. The predicted octanol–water partition coefficient (Wildman–Crippen LogP) is 1.91. The molecule has 0 fully saturated rings. The fourth-order valence-corrected chi connectivity index (χ4v) is 1.47. The molecule has 3 nitrogen and oxygen atoms in total. The van der Waals surface area contributed by atoms with E-state index in [9.17, 15) is 9.59 Å². The van der Waals surface area contributed by atoms with Gasteiger partial charge in [-0.1, -0.05) is 30.3 Å². The summed E-state index contributed by atoms with van der Waals surface area (Å²) in [6.07, 6.45) is 1.08. The molecule has 1 aromatic rings. The van der Waals surface area contributed by atoms with Crippen molar-refractivity contribution in [2.24, 2.45) is 5.41 Å². The van der Waals surface area contributed by atoms with Gasteiger partial charge in [-0.25, -0.2) is 0 Å². The Balaban J connectivity index is 2.84. The molecule has 0 saturated heterocycles. The molecule has 0 aromatic heterocycles. The van der Waals surface area contributed by atoms with Crippen molar-refractivity contribution < 1.29 is 14.7 Å². The highest BCUT2D eigenvalue weighted by Gasteiger charge is 2.32. The molecule has 0 aliphatic rings. The van der Waals surface area contributed by atoms with E-state index in [2.05, 4.69) is 0 Å². The maximum atomic E-state index is 11.1. The van der Waals surface area contributed by atoms with E-state index in [4.69, 9.17) is 5.11 Å². The van der Waals surface area contributed by atoms with Gasteiger partial charge < -0.3 is 9.90 Å². The highest BCUT2D eigenvalue weighted by atomic mass is 16.4. The second-order valence-corrected chi connectivity index (χ2v) is 3.90. The van der Waals surface area contributed by atoms with E-state index in [0.29, 0.717) is 12.7 Å². The van der Waals surface area contributed by atoms with Crippen molar-refractivity contribution in [2.75, 3.05) is 0 Å². The van der Waals surface area contributed by atoms with E-state index < -0.39 is 11.4 Å². The summed E-state index contributed by atoms with van der Waals surface area (Å²) in [7, 11) is 0. The molecule has 1 aromatic carbocycles. The minimum absolute atomic E-state index is 0.0389. The molecule has 0 radical (unpaired) electrons. The number of hydrogen-bond donors (Lipinski definition) is 1. The summed E-state index contributed by atoms with van der Waals surface area (Å²) in [5.74, 6) is -0.932. The highest BCUT2D eigenvalue weighted by Crippen LogP contribution is 2.25. The maximum Gasteiger partial charge on any atom is 0.310 e. The van der Waals surface area contributed by atoms with E-state index in [0.717, 1.165) is 5.56 Å². The summed E-state index contributed by atoms with van der Waals surface area (Å²) < 4.78 is 0. The summed E-state index contributed by atoms with van der Waals surface area (Å²) in [4.78, 5) is 21.5. The Morgan fingerprint density at radius 3 is 2.47 bits per heavy atom. The lowest BCUT2D eigenvalue weighted by molar-refractivity contribution is -0.149. The monoisotopic (exact) mass is 206 g/mol. The summed E-state index contributed by atoms with van der Waals surface area (Å²) in [6.45, 7) is 1.59. The van der Waals surface area contributed by atoms with E-state index in [1.165, 1.54) is 0 Å². The van der Waals surface area contributed by atoms with Crippen LogP contribution in [0, 0.1) is 5.41 Å². The quantitative estimate of drug-likeness (QED) is 0.749. The molecule has 80 valence electrons. The third kappa shape index (κ3) is 2.91. The van der Waals surface area contributed by atoms with Crippen LogP contribution in [0.3, 0.4) is 0 Å². The van der Waals surface area contributed by atoms with Gasteiger partial charge in [0, 0.05) is 6.42 Å². The lowest BCUT2D eigenvalue weighted by atomic mass is 9.81. The molecule has 1 unspecified atom stereocenters.